The Kier molecular flexibility index (Phi) is 3.85. The highest BCUT2D eigenvalue weighted by molar-refractivity contribution is 9.12. The predicted octanol–water partition coefficient (Wildman–Crippen LogP) is 2.61. The van der Waals surface area contributed by atoms with E-state index in [2.05, 4.69) is 31.9 Å². The average molecular weight is 396 g/mol. The highest BCUT2D eigenvalue weighted by Gasteiger charge is 2.41. The lowest BCUT2D eigenvalue weighted by Crippen LogP contribution is -2.38. The lowest BCUT2D eigenvalue weighted by Gasteiger charge is -2.20. The van der Waals surface area contributed by atoms with Crippen LogP contribution in [0.25, 0.3) is 0 Å². The van der Waals surface area contributed by atoms with Gasteiger partial charge >= 0.3 is 0 Å². The molecule has 1 aliphatic heterocycles. The van der Waals surface area contributed by atoms with Crippen molar-refractivity contribution in [2.45, 2.75) is 13.3 Å². The highest BCUT2D eigenvalue weighted by Crippen LogP contribution is 2.35. The molecule has 2 amide bonds. The van der Waals surface area contributed by atoms with E-state index in [0.29, 0.717) is 25.1 Å². The van der Waals surface area contributed by atoms with Gasteiger partial charge in [0.1, 0.15) is 0 Å². The van der Waals surface area contributed by atoms with Crippen molar-refractivity contribution in [2.24, 2.45) is 11.1 Å². The summed E-state index contributed by atoms with van der Waals surface area (Å²) in [4.78, 5) is 25.4. The monoisotopic (exact) mass is 394 g/mol. The zero-order valence-electron chi connectivity index (χ0n) is 9.70. The zero-order chi connectivity index (χ0) is 13.5. The zero-order valence-corrected chi connectivity index (χ0v) is 13.7. The predicted molar refractivity (Wildman–Crippen MR) is 77.5 cm³/mol. The maximum atomic E-state index is 12.3. The van der Waals surface area contributed by atoms with Crippen molar-refractivity contribution in [2.75, 3.05) is 13.1 Å². The number of rotatable bonds is 2. The quantitative estimate of drug-likeness (QED) is 0.836. The molecule has 1 atom stereocenters. The second-order valence-corrected chi connectivity index (χ2v) is 8.39. The minimum absolute atomic E-state index is 0.0613. The average Bonchev–Trinajstić information content (AvgIpc) is 2.82. The number of carbonyl (C=O) groups is 2. The molecule has 0 aliphatic carbocycles. The van der Waals surface area contributed by atoms with E-state index >= 15 is 0 Å². The number of likely N-dealkylation sites (tertiary alicyclic amines) is 1. The van der Waals surface area contributed by atoms with Crippen molar-refractivity contribution in [1.82, 2.24) is 4.90 Å². The normalized spacial score (nSPS) is 23.4. The first-order valence-corrected chi connectivity index (χ1v) is 7.78. The van der Waals surface area contributed by atoms with Crippen LogP contribution < -0.4 is 5.73 Å². The van der Waals surface area contributed by atoms with E-state index in [0.717, 1.165) is 7.57 Å². The van der Waals surface area contributed by atoms with Crippen molar-refractivity contribution < 1.29 is 9.59 Å². The highest BCUT2D eigenvalue weighted by atomic mass is 79.9. The fourth-order valence-electron chi connectivity index (χ4n) is 1.99. The summed E-state index contributed by atoms with van der Waals surface area (Å²) in [7, 11) is 0. The van der Waals surface area contributed by atoms with Gasteiger partial charge in [-0.2, -0.15) is 0 Å². The molecule has 2 heterocycles. The largest absolute Gasteiger partial charge is 0.369 e. The Labute approximate surface area is 126 Å². The van der Waals surface area contributed by atoms with Crippen molar-refractivity contribution in [3.8, 4) is 0 Å². The molecule has 18 heavy (non-hydrogen) atoms. The molecule has 1 saturated heterocycles. The molecule has 2 N–H and O–H groups in total. The van der Waals surface area contributed by atoms with Crippen LogP contribution in [0, 0.1) is 5.41 Å². The van der Waals surface area contributed by atoms with Crippen LogP contribution in [0.4, 0.5) is 0 Å². The van der Waals surface area contributed by atoms with Crippen LogP contribution in [0.1, 0.15) is 23.7 Å². The number of hydrogen-bond acceptors (Lipinski definition) is 3. The number of carbonyl (C=O) groups excluding carboxylic acids is 2. The van der Waals surface area contributed by atoms with Gasteiger partial charge in [0.05, 0.1) is 18.6 Å². The molecule has 1 aromatic heterocycles. The summed E-state index contributed by atoms with van der Waals surface area (Å²) in [5, 5.41) is 0. The minimum Gasteiger partial charge on any atom is -0.369 e. The summed E-state index contributed by atoms with van der Waals surface area (Å²) in [6.07, 6.45) is 0.622. The van der Waals surface area contributed by atoms with Gasteiger partial charge in [0.2, 0.25) is 5.91 Å². The van der Waals surface area contributed by atoms with Gasteiger partial charge in [0.15, 0.2) is 0 Å². The summed E-state index contributed by atoms with van der Waals surface area (Å²) in [5.41, 5.74) is 5.40. The summed E-state index contributed by atoms with van der Waals surface area (Å²) in [5.74, 6) is -0.405. The van der Waals surface area contributed by atoms with Crippen molar-refractivity contribution in [1.29, 1.82) is 0 Å². The van der Waals surface area contributed by atoms with Crippen LogP contribution in [0.2, 0.25) is 0 Å². The number of primary amides is 1. The van der Waals surface area contributed by atoms with E-state index in [9.17, 15) is 9.59 Å². The molecule has 0 aromatic carbocycles. The van der Waals surface area contributed by atoms with Crippen LogP contribution in [0.3, 0.4) is 0 Å². The Balaban J connectivity index is 2.18. The molecular weight excluding hydrogens is 384 g/mol. The molecule has 0 radical (unpaired) electrons. The maximum absolute atomic E-state index is 12.3. The van der Waals surface area contributed by atoms with E-state index in [-0.39, 0.29) is 11.8 Å². The minimum atomic E-state index is -0.602. The van der Waals surface area contributed by atoms with Crippen LogP contribution >= 0.6 is 43.2 Å². The van der Waals surface area contributed by atoms with Crippen molar-refractivity contribution in [3.63, 3.8) is 0 Å². The van der Waals surface area contributed by atoms with Gasteiger partial charge in [0, 0.05) is 13.1 Å². The lowest BCUT2D eigenvalue weighted by molar-refractivity contribution is -0.126. The SMILES string of the molecule is CC1(C(N)=O)CCN(C(=O)c2cc(Br)sc2Br)C1. The smallest absolute Gasteiger partial charge is 0.255 e. The van der Waals surface area contributed by atoms with Crippen LogP contribution in [-0.4, -0.2) is 29.8 Å². The van der Waals surface area contributed by atoms with Crippen molar-refractivity contribution >= 4 is 55.0 Å². The molecule has 4 nitrogen and oxygen atoms in total. The molecule has 1 fully saturated rings. The number of nitrogens with two attached hydrogens (primary N) is 1. The number of amides is 2. The summed E-state index contributed by atoms with van der Waals surface area (Å²) in [6, 6.07) is 1.79. The number of thiophene rings is 1. The van der Waals surface area contributed by atoms with Crippen LogP contribution in [0.5, 0.6) is 0 Å². The maximum Gasteiger partial charge on any atom is 0.255 e. The Morgan fingerprint density at radius 2 is 2.17 bits per heavy atom. The van der Waals surface area contributed by atoms with Gasteiger partial charge < -0.3 is 10.6 Å². The molecule has 2 rings (SSSR count). The number of nitrogens with zero attached hydrogens (tertiary/aromatic N) is 1. The van der Waals surface area contributed by atoms with E-state index in [1.165, 1.54) is 11.3 Å². The topological polar surface area (TPSA) is 63.4 Å². The third kappa shape index (κ3) is 2.48. The summed E-state index contributed by atoms with van der Waals surface area (Å²) >= 11 is 8.18. The first-order chi connectivity index (χ1) is 8.33. The molecule has 7 heteroatoms. The molecule has 0 spiro atoms. The van der Waals surface area contributed by atoms with E-state index < -0.39 is 5.41 Å². The molecule has 1 aromatic rings. The molecule has 0 bridgehead atoms. The first kappa shape index (κ1) is 14.0. The molecule has 1 aliphatic rings. The van der Waals surface area contributed by atoms with Gasteiger partial charge in [-0.25, -0.2) is 0 Å². The van der Waals surface area contributed by atoms with Gasteiger partial charge in [-0.05, 0) is 51.3 Å². The fourth-order valence-corrected chi connectivity index (χ4v) is 4.77. The van der Waals surface area contributed by atoms with E-state index in [4.69, 9.17) is 5.73 Å². The van der Waals surface area contributed by atoms with E-state index in [1.807, 2.05) is 0 Å². The van der Waals surface area contributed by atoms with Gasteiger partial charge in [0.25, 0.3) is 5.91 Å². The Bertz CT molecular complexity index is 517. The molecule has 0 saturated carbocycles. The number of hydrogen-bond donors (Lipinski definition) is 1. The second-order valence-electron chi connectivity index (χ2n) is 4.64. The number of halogens is 2. The second kappa shape index (κ2) is 4.94. The van der Waals surface area contributed by atoms with Crippen LogP contribution in [-0.2, 0) is 4.79 Å². The molecule has 98 valence electrons. The third-order valence-corrected chi connectivity index (χ3v) is 5.58. The lowest BCUT2D eigenvalue weighted by atomic mass is 9.89. The standard InChI is InChI=1S/C11H12Br2N2O2S/c1-11(10(14)17)2-3-15(5-11)9(16)6-4-7(12)18-8(6)13/h4H,2-3,5H2,1H3,(H2,14,17). The molecular formula is C11H12Br2N2O2S. The van der Waals surface area contributed by atoms with Crippen molar-refractivity contribution in [3.05, 3.63) is 19.2 Å². The van der Waals surface area contributed by atoms with Gasteiger partial charge in [-0.3, -0.25) is 9.59 Å². The van der Waals surface area contributed by atoms with Gasteiger partial charge in [-0.15, -0.1) is 11.3 Å². The Morgan fingerprint density at radius 1 is 1.50 bits per heavy atom. The van der Waals surface area contributed by atoms with Crippen LogP contribution in [0.15, 0.2) is 13.6 Å². The summed E-state index contributed by atoms with van der Waals surface area (Å²) in [6.45, 7) is 2.76. The first-order valence-electron chi connectivity index (χ1n) is 5.37. The molecule has 1 unspecified atom stereocenters. The fraction of sp³-hybridized carbons (Fsp3) is 0.455. The Morgan fingerprint density at radius 3 is 2.61 bits per heavy atom. The summed E-state index contributed by atoms with van der Waals surface area (Å²) < 4.78 is 1.70. The Hall–Kier alpha value is -0.400. The van der Waals surface area contributed by atoms with E-state index in [1.54, 1.807) is 17.9 Å². The third-order valence-electron chi connectivity index (χ3n) is 3.24. The van der Waals surface area contributed by atoms with Gasteiger partial charge in [-0.1, -0.05) is 0 Å².